The van der Waals surface area contributed by atoms with Crippen molar-refractivity contribution < 1.29 is 29.3 Å². The zero-order chi connectivity index (χ0) is 23.1. The fourth-order valence-corrected chi connectivity index (χ4v) is 6.37. The lowest BCUT2D eigenvalue weighted by Gasteiger charge is -2.20. The van der Waals surface area contributed by atoms with Crippen LogP contribution in [0.25, 0.3) is 0 Å². The van der Waals surface area contributed by atoms with E-state index in [-0.39, 0.29) is 18.8 Å². The molecule has 0 fully saturated rings. The maximum absolute atomic E-state index is 12.0. The number of carbonyl (C=O) groups is 2. The van der Waals surface area contributed by atoms with Gasteiger partial charge >= 0.3 is 12.1 Å². The second-order valence-corrected chi connectivity index (χ2v) is 10.7. The van der Waals surface area contributed by atoms with Gasteiger partial charge in [0.2, 0.25) is 0 Å². The van der Waals surface area contributed by atoms with E-state index in [1.54, 1.807) is 24.3 Å². The van der Waals surface area contributed by atoms with Crippen LogP contribution >= 0.6 is 90.4 Å². The van der Waals surface area contributed by atoms with Crippen LogP contribution in [0.15, 0.2) is 24.3 Å². The topological polar surface area (TPSA) is 105 Å². The second kappa shape index (κ2) is 12.8. The first-order chi connectivity index (χ1) is 14.6. The molecule has 0 aliphatic heterocycles. The molecule has 2 aromatic rings. The smallest absolute Gasteiger partial charge is 0.407 e. The van der Waals surface area contributed by atoms with Crippen molar-refractivity contribution in [3.05, 3.63) is 44.1 Å². The number of aromatic hydroxyl groups is 1. The van der Waals surface area contributed by atoms with Gasteiger partial charge in [0.15, 0.2) is 5.75 Å². The van der Waals surface area contributed by atoms with Gasteiger partial charge in [-0.1, -0.05) is 13.3 Å². The third kappa shape index (κ3) is 7.62. The molecule has 2 aromatic carbocycles. The summed E-state index contributed by atoms with van der Waals surface area (Å²) >= 11 is 8.67. The normalized spacial score (nSPS) is 11.6. The molecule has 0 heterocycles. The third-order valence-corrected chi connectivity index (χ3v) is 10.6. The predicted octanol–water partition coefficient (Wildman–Crippen LogP) is 6.12. The number of alkyl carbamates (subject to hydrolysis) is 1. The number of carboxylic acids is 1. The van der Waals surface area contributed by atoms with Crippen LogP contribution < -0.4 is 10.1 Å². The average Bonchev–Trinajstić information content (AvgIpc) is 2.73. The van der Waals surface area contributed by atoms with E-state index in [9.17, 15) is 19.8 Å². The van der Waals surface area contributed by atoms with Gasteiger partial charge in [-0.15, -0.1) is 0 Å². The maximum Gasteiger partial charge on any atom is 0.407 e. The zero-order valence-electron chi connectivity index (χ0n) is 16.3. The van der Waals surface area contributed by atoms with Crippen LogP contribution in [0.4, 0.5) is 4.79 Å². The lowest BCUT2D eigenvalue weighted by molar-refractivity contribution is -0.139. The molecule has 0 aromatic heterocycles. The average molecular weight is 877 g/mol. The van der Waals surface area contributed by atoms with Crippen molar-refractivity contribution in [2.75, 3.05) is 6.61 Å². The van der Waals surface area contributed by atoms with Gasteiger partial charge in [0.1, 0.15) is 17.5 Å². The number of rotatable bonds is 9. The van der Waals surface area contributed by atoms with Crippen LogP contribution in [-0.4, -0.2) is 34.9 Å². The molecular weight excluding hydrogens is 858 g/mol. The van der Waals surface area contributed by atoms with Crippen molar-refractivity contribution >= 4 is 102 Å². The molecule has 1 unspecified atom stereocenters. The Kier molecular flexibility index (Phi) is 11.1. The van der Waals surface area contributed by atoms with E-state index < -0.39 is 18.1 Å². The van der Waals surface area contributed by atoms with Crippen LogP contribution in [0.2, 0.25) is 0 Å². The number of phenolic OH excluding ortho intramolecular Hbond substituents is 1. The zero-order valence-corrected chi connectivity index (χ0v) is 24.9. The molecule has 0 saturated heterocycles. The number of phenols is 1. The van der Waals surface area contributed by atoms with E-state index in [1.807, 2.05) is 6.92 Å². The molecule has 1 atom stereocenters. The summed E-state index contributed by atoms with van der Waals surface area (Å²) in [5.74, 6) is 0.251. The number of nitrogens with one attached hydrogen (secondary N) is 1. The van der Waals surface area contributed by atoms with Crippen molar-refractivity contribution in [2.24, 2.45) is 0 Å². The van der Waals surface area contributed by atoms with Gasteiger partial charge in [-0.3, -0.25) is 0 Å². The molecule has 7 nitrogen and oxygen atoms in total. The third-order valence-electron chi connectivity index (χ3n) is 4.10. The summed E-state index contributed by atoms with van der Waals surface area (Å²) in [7, 11) is 0. The minimum Gasteiger partial charge on any atom is -0.508 e. The Morgan fingerprint density at radius 2 is 1.61 bits per heavy atom. The number of unbranched alkanes of at least 4 members (excludes halogenated alkanes) is 1. The molecule has 168 valence electrons. The van der Waals surface area contributed by atoms with E-state index in [2.05, 4.69) is 95.7 Å². The number of hydrogen-bond acceptors (Lipinski definition) is 5. The largest absolute Gasteiger partial charge is 0.508 e. The number of amides is 1. The number of halogens is 4. The van der Waals surface area contributed by atoms with Crippen LogP contribution in [0.3, 0.4) is 0 Å². The summed E-state index contributed by atoms with van der Waals surface area (Å²) in [6.07, 6.45) is 0.976. The minimum absolute atomic E-state index is 0.111. The molecule has 0 bridgehead atoms. The molecule has 0 aliphatic rings. The van der Waals surface area contributed by atoms with E-state index in [4.69, 9.17) is 9.47 Å². The summed E-state index contributed by atoms with van der Waals surface area (Å²) < 4.78 is 14.5. The van der Waals surface area contributed by atoms with Gasteiger partial charge in [-0.2, -0.15) is 0 Å². The first-order valence-corrected chi connectivity index (χ1v) is 13.4. The first-order valence-electron chi connectivity index (χ1n) is 9.13. The van der Waals surface area contributed by atoms with Gasteiger partial charge in [-0.25, -0.2) is 9.59 Å². The molecule has 0 radical (unpaired) electrons. The molecule has 1 amide bonds. The summed E-state index contributed by atoms with van der Waals surface area (Å²) in [6, 6.07) is 5.31. The predicted molar refractivity (Wildman–Crippen MR) is 150 cm³/mol. The quantitative estimate of drug-likeness (QED) is 0.159. The van der Waals surface area contributed by atoms with Crippen molar-refractivity contribution in [2.45, 2.75) is 32.2 Å². The van der Waals surface area contributed by atoms with Crippen molar-refractivity contribution in [3.63, 3.8) is 0 Å². The molecule has 0 saturated carbocycles. The Morgan fingerprint density at radius 3 is 2.13 bits per heavy atom. The van der Waals surface area contributed by atoms with Gasteiger partial charge in [0, 0.05) is 13.6 Å². The standard InChI is InChI=1S/C20H19I4NO6/c1-2-3-8-30-20(29)25-13(19(27)28)9-12-14(21)16(23)18(17(24)15(12)22)31-11-6-4-10(26)5-7-11/h4-7,13,26H,2-3,8-9H2,1H3,(H,25,29)(H,27,28). The number of ether oxygens (including phenoxy) is 2. The molecule has 11 heteroatoms. The minimum atomic E-state index is -1.13. The summed E-state index contributed by atoms with van der Waals surface area (Å²) in [4.78, 5) is 23.7. The van der Waals surface area contributed by atoms with Gasteiger partial charge < -0.3 is 25.0 Å². The van der Waals surface area contributed by atoms with Gasteiger partial charge in [0.05, 0.1) is 13.7 Å². The van der Waals surface area contributed by atoms with Gasteiger partial charge in [-0.05, 0) is 127 Å². The Labute approximate surface area is 234 Å². The van der Waals surface area contributed by atoms with Crippen LogP contribution in [0.5, 0.6) is 17.2 Å². The number of hydrogen-bond donors (Lipinski definition) is 3. The van der Waals surface area contributed by atoms with Crippen LogP contribution in [-0.2, 0) is 16.0 Å². The molecule has 31 heavy (non-hydrogen) atoms. The highest BCUT2D eigenvalue weighted by Gasteiger charge is 2.27. The number of carbonyl (C=O) groups excluding carboxylic acids is 1. The Hall–Kier alpha value is -0.300. The Bertz CT molecular complexity index is 923. The molecule has 3 N–H and O–H groups in total. The number of carboxylic acid groups (broad SMARTS) is 1. The highest BCUT2D eigenvalue weighted by Crippen LogP contribution is 2.40. The lowest BCUT2D eigenvalue weighted by Crippen LogP contribution is -2.43. The Morgan fingerprint density at radius 1 is 1.03 bits per heavy atom. The van der Waals surface area contributed by atoms with Crippen molar-refractivity contribution in [1.82, 2.24) is 5.32 Å². The SMILES string of the molecule is CCCCOC(=O)NC(Cc1c(I)c(I)c(Oc2ccc(O)cc2)c(I)c1I)C(=O)O. The number of aliphatic carboxylic acids is 1. The van der Waals surface area contributed by atoms with E-state index >= 15 is 0 Å². The molecule has 2 rings (SSSR count). The number of benzene rings is 2. The van der Waals surface area contributed by atoms with Crippen molar-refractivity contribution in [1.29, 1.82) is 0 Å². The second-order valence-electron chi connectivity index (χ2n) is 6.39. The first kappa shape index (κ1) is 26.9. The monoisotopic (exact) mass is 877 g/mol. The maximum atomic E-state index is 12.0. The van der Waals surface area contributed by atoms with Crippen LogP contribution in [0.1, 0.15) is 25.3 Å². The highest BCUT2D eigenvalue weighted by atomic mass is 127. The fourth-order valence-electron chi connectivity index (χ4n) is 2.46. The summed E-state index contributed by atoms with van der Waals surface area (Å²) in [5.41, 5.74) is 0.814. The van der Waals surface area contributed by atoms with E-state index in [0.717, 1.165) is 32.7 Å². The van der Waals surface area contributed by atoms with Gasteiger partial charge in [0.25, 0.3) is 0 Å². The van der Waals surface area contributed by atoms with E-state index in [0.29, 0.717) is 11.5 Å². The fraction of sp³-hybridized carbons (Fsp3) is 0.300. The molecule has 0 spiro atoms. The van der Waals surface area contributed by atoms with E-state index in [1.165, 1.54) is 0 Å². The molecule has 0 aliphatic carbocycles. The summed E-state index contributed by atoms with van der Waals surface area (Å²) in [5, 5.41) is 21.5. The highest BCUT2D eigenvalue weighted by molar-refractivity contribution is 14.1. The van der Waals surface area contributed by atoms with Crippen LogP contribution in [0, 0.1) is 14.3 Å². The van der Waals surface area contributed by atoms with Crippen molar-refractivity contribution in [3.8, 4) is 17.2 Å². The Balaban J connectivity index is 2.28. The molecular formula is C20H19I4NO6. The lowest BCUT2D eigenvalue weighted by atomic mass is 10.1. The summed E-state index contributed by atoms with van der Waals surface area (Å²) in [6.45, 7) is 2.23.